The Kier molecular flexibility index (Phi) is 3.42. The van der Waals surface area contributed by atoms with Gasteiger partial charge in [0.25, 0.3) is 0 Å². The Morgan fingerprint density at radius 3 is 2.31 bits per heavy atom. The topological polar surface area (TPSA) is 40.5 Å². The average Bonchev–Trinajstić information content (AvgIpc) is 2.36. The fourth-order valence-electron chi connectivity index (χ4n) is 2.50. The highest BCUT2D eigenvalue weighted by Crippen LogP contribution is 2.33. The van der Waals surface area contributed by atoms with Gasteiger partial charge in [0.05, 0.1) is 0 Å². The highest BCUT2D eigenvalue weighted by Gasteiger charge is 2.32. The van der Waals surface area contributed by atoms with Crippen molar-refractivity contribution in [2.45, 2.75) is 38.1 Å². The Morgan fingerprint density at radius 2 is 1.77 bits per heavy atom. The molecule has 3 nitrogen and oxygen atoms in total. The van der Waals surface area contributed by atoms with Gasteiger partial charge in [0.15, 0.2) is 0 Å². The molecule has 0 atom stereocenters. The number of nitrogens with zero attached hydrogens (tertiary/aromatic N) is 1. The molecule has 0 radical (unpaired) electrons. The van der Waals surface area contributed by atoms with Gasteiger partial charge in [-0.3, -0.25) is 0 Å². The zero-order chi connectivity index (χ0) is 8.55. The summed E-state index contributed by atoms with van der Waals surface area (Å²) in [5.74, 6) is 0.811. The summed E-state index contributed by atoms with van der Waals surface area (Å²) < 4.78 is 0. The van der Waals surface area contributed by atoms with Gasteiger partial charge < -0.3 is 10.0 Å². The summed E-state index contributed by atoms with van der Waals surface area (Å²) in [5, 5.41) is 8.91. The number of carboxylic acid groups (broad SMARTS) is 1. The van der Waals surface area contributed by atoms with Gasteiger partial charge in [-0.05, 0) is 38.0 Å². The lowest BCUT2D eigenvalue weighted by molar-refractivity contribution is 0.123. The van der Waals surface area contributed by atoms with Gasteiger partial charge in [0.2, 0.25) is 0 Å². The van der Waals surface area contributed by atoms with Crippen molar-refractivity contribution in [1.29, 1.82) is 0 Å². The Labute approximate surface area is 84.5 Å². The molecule has 13 heavy (non-hydrogen) atoms. The molecule has 1 N–H and O–H groups in total. The predicted molar refractivity (Wildman–Crippen MR) is 52.3 cm³/mol. The molecule has 2 saturated heterocycles. The number of rotatable bonds is 0. The van der Waals surface area contributed by atoms with Crippen molar-refractivity contribution in [3.63, 3.8) is 0 Å². The third kappa shape index (κ3) is 2.08. The van der Waals surface area contributed by atoms with Crippen molar-refractivity contribution in [2.75, 3.05) is 6.54 Å². The van der Waals surface area contributed by atoms with Crippen molar-refractivity contribution in [2.24, 2.45) is 5.92 Å². The van der Waals surface area contributed by atoms with Gasteiger partial charge >= 0.3 is 6.09 Å². The Balaban J connectivity index is 0.000000845. The summed E-state index contributed by atoms with van der Waals surface area (Å²) in [5.41, 5.74) is 0. The summed E-state index contributed by atoms with van der Waals surface area (Å²) >= 11 is 0. The molecule has 0 spiro atoms. The second kappa shape index (κ2) is 4.18. The van der Waals surface area contributed by atoms with E-state index >= 15 is 0 Å². The van der Waals surface area contributed by atoms with Crippen LogP contribution in [0.3, 0.4) is 0 Å². The van der Waals surface area contributed by atoms with Crippen LogP contribution in [-0.2, 0) is 0 Å². The van der Waals surface area contributed by atoms with Crippen LogP contribution >= 0.6 is 12.4 Å². The van der Waals surface area contributed by atoms with Crippen LogP contribution in [0.2, 0.25) is 0 Å². The Bertz CT molecular complexity index is 190. The van der Waals surface area contributed by atoms with Crippen LogP contribution in [-0.4, -0.2) is 28.7 Å². The molecule has 0 aromatic heterocycles. The van der Waals surface area contributed by atoms with E-state index in [0.29, 0.717) is 6.04 Å². The molecule has 2 bridgehead atoms. The maximum Gasteiger partial charge on any atom is 0.407 e. The van der Waals surface area contributed by atoms with Gasteiger partial charge in [-0.1, -0.05) is 0 Å². The van der Waals surface area contributed by atoms with Crippen LogP contribution in [0.15, 0.2) is 0 Å². The molecule has 0 aromatic carbocycles. The summed E-state index contributed by atoms with van der Waals surface area (Å²) in [6.45, 7) is 0.769. The number of hydrogen-bond donors (Lipinski definition) is 1. The molecule has 0 unspecified atom stereocenters. The molecule has 1 saturated carbocycles. The lowest BCUT2D eigenvalue weighted by Crippen LogP contribution is -2.38. The van der Waals surface area contributed by atoms with Crippen LogP contribution in [0, 0.1) is 5.92 Å². The van der Waals surface area contributed by atoms with E-state index < -0.39 is 6.09 Å². The van der Waals surface area contributed by atoms with E-state index in [-0.39, 0.29) is 12.4 Å². The normalized spacial score (nSPS) is 32.2. The lowest BCUT2D eigenvalue weighted by Gasteiger charge is -2.28. The van der Waals surface area contributed by atoms with E-state index in [1.807, 2.05) is 0 Å². The van der Waals surface area contributed by atoms with Gasteiger partial charge in [0.1, 0.15) is 0 Å². The smallest absolute Gasteiger partial charge is 0.407 e. The van der Waals surface area contributed by atoms with E-state index in [0.717, 1.165) is 31.7 Å². The zero-order valence-corrected chi connectivity index (χ0v) is 8.42. The third-order valence-corrected chi connectivity index (χ3v) is 3.28. The van der Waals surface area contributed by atoms with Crippen LogP contribution in [0.4, 0.5) is 4.79 Å². The van der Waals surface area contributed by atoms with E-state index in [1.54, 1.807) is 4.90 Å². The van der Waals surface area contributed by atoms with Crippen LogP contribution in [0.1, 0.15) is 32.1 Å². The van der Waals surface area contributed by atoms with Gasteiger partial charge in [-0.25, -0.2) is 4.79 Å². The number of halogens is 1. The first-order chi connectivity index (χ1) is 5.77. The number of amides is 1. The van der Waals surface area contributed by atoms with E-state index in [4.69, 9.17) is 5.11 Å². The molecule has 0 aromatic rings. The first-order valence-corrected chi connectivity index (χ1v) is 4.77. The maximum absolute atomic E-state index is 10.8. The summed E-state index contributed by atoms with van der Waals surface area (Å²) in [6.07, 6.45) is 5.04. The molecule has 3 fully saturated rings. The quantitative estimate of drug-likeness (QED) is 0.660. The Hall–Kier alpha value is -0.440. The summed E-state index contributed by atoms with van der Waals surface area (Å²) in [4.78, 5) is 12.5. The largest absolute Gasteiger partial charge is 0.465 e. The third-order valence-electron chi connectivity index (χ3n) is 3.28. The standard InChI is InChI=1S/C9H15NO2.ClH/c11-9(12)10-6-5-7-1-3-8(10)4-2-7;/h7-8H,1-6H2,(H,11,12);1H. The van der Waals surface area contributed by atoms with E-state index in [1.165, 1.54) is 12.8 Å². The molecule has 1 amide bonds. The fraction of sp³-hybridized carbons (Fsp3) is 0.889. The van der Waals surface area contributed by atoms with Gasteiger partial charge in [-0.2, -0.15) is 0 Å². The van der Waals surface area contributed by atoms with Crippen LogP contribution in [0.25, 0.3) is 0 Å². The van der Waals surface area contributed by atoms with Crippen LogP contribution < -0.4 is 0 Å². The zero-order valence-electron chi connectivity index (χ0n) is 7.61. The molecular formula is C9H16ClNO2. The van der Waals surface area contributed by atoms with Crippen molar-refractivity contribution in [3.8, 4) is 0 Å². The van der Waals surface area contributed by atoms with Crippen molar-refractivity contribution < 1.29 is 9.90 Å². The minimum atomic E-state index is -0.720. The number of hydrogen-bond acceptors (Lipinski definition) is 1. The van der Waals surface area contributed by atoms with Gasteiger partial charge in [-0.15, -0.1) is 12.4 Å². The summed E-state index contributed by atoms with van der Waals surface area (Å²) in [6, 6.07) is 0.334. The molecular weight excluding hydrogens is 190 g/mol. The molecule has 1 aliphatic carbocycles. The first-order valence-electron chi connectivity index (χ1n) is 4.77. The van der Waals surface area contributed by atoms with Crippen molar-refractivity contribution >= 4 is 18.5 Å². The fourth-order valence-corrected chi connectivity index (χ4v) is 2.50. The molecule has 2 heterocycles. The lowest BCUT2D eigenvalue weighted by atomic mass is 9.86. The monoisotopic (exact) mass is 205 g/mol. The molecule has 76 valence electrons. The number of carbonyl (C=O) groups is 1. The average molecular weight is 206 g/mol. The van der Waals surface area contributed by atoms with E-state index in [9.17, 15) is 4.79 Å². The second-order valence-corrected chi connectivity index (χ2v) is 3.94. The molecule has 2 aliphatic heterocycles. The molecule has 4 heteroatoms. The van der Waals surface area contributed by atoms with Crippen molar-refractivity contribution in [3.05, 3.63) is 0 Å². The van der Waals surface area contributed by atoms with Crippen LogP contribution in [0.5, 0.6) is 0 Å². The molecule has 3 rings (SSSR count). The Morgan fingerprint density at radius 1 is 1.15 bits per heavy atom. The highest BCUT2D eigenvalue weighted by atomic mass is 35.5. The minimum absolute atomic E-state index is 0. The van der Waals surface area contributed by atoms with Gasteiger partial charge in [0, 0.05) is 12.6 Å². The predicted octanol–water partition coefficient (Wildman–Crippen LogP) is 2.35. The number of fused-ring (bicyclic) bond motifs is 4. The molecule has 3 aliphatic rings. The second-order valence-electron chi connectivity index (χ2n) is 3.94. The summed E-state index contributed by atoms with van der Waals surface area (Å²) in [7, 11) is 0. The SMILES string of the molecule is Cl.O=C(O)N1CCC2CCC1CC2. The highest BCUT2D eigenvalue weighted by molar-refractivity contribution is 5.85. The van der Waals surface area contributed by atoms with E-state index in [2.05, 4.69) is 0 Å². The maximum atomic E-state index is 10.8. The minimum Gasteiger partial charge on any atom is -0.465 e. The van der Waals surface area contributed by atoms with Crippen molar-refractivity contribution in [1.82, 2.24) is 4.90 Å². The first kappa shape index (κ1) is 10.6.